The Labute approximate surface area is 389 Å². The van der Waals surface area contributed by atoms with Gasteiger partial charge in [-0.15, -0.1) is 5.06 Å². The first-order chi connectivity index (χ1) is 31.5. The molecule has 2 amide bonds. The van der Waals surface area contributed by atoms with E-state index >= 15 is 0 Å². The maximum absolute atomic E-state index is 12.5. The zero-order valence-electron chi connectivity index (χ0n) is 39.6. The summed E-state index contributed by atoms with van der Waals surface area (Å²) in [5.41, 5.74) is 3.76. The lowest BCUT2D eigenvalue weighted by Crippen LogP contribution is -2.32. The number of benzene rings is 2. The predicted molar refractivity (Wildman–Crippen MR) is 252 cm³/mol. The molecular weight excluding hydrogens is 867 g/mol. The first-order valence-corrected chi connectivity index (χ1v) is 24.4. The molecule has 0 bridgehead atoms. The number of allylic oxidation sites excluding steroid dienone is 5. The van der Waals surface area contributed by atoms with Gasteiger partial charge in [-0.25, -0.2) is 9.37 Å². The quantitative estimate of drug-likeness (QED) is 0.0297. The molecule has 15 nitrogen and oxygen atoms in total. The summed E-state index contributed by atoms with van der Waals surface area (Å²) >= 11 is 0. The summed E-state index contributed by atoms with van der Waals surface area (Å²) in [6, 6.07) is 13.1. The Bertz CT molecular complexity index is 2370. The summed E-state index contributed by atoms with van der Waals surface area (Å²) in [6.07, 6.45) is 12.0. The molecule has 3 aliphatic heterocycles. The Kier molecular flexibility index (Phi) is 19.0. The summed E-state index contributed by atoms with van der Waals surface area (Å²) in [4.78, 5) is 43.3. The van der Waals surface area contributed by atoms with E-state index in [0.29, 0.717) is 89.3 Å². The molecule has 0 aromatic heterocycles. The van der Waals surface area contributed by atoms with Crippen molar-refractivity contribution in [2.45, 2.75) is 102 Å². The van der Waals surface area contributed by atoms with Crippen molar-refractivity contribution < 1.29 is 55.6 Å². The normalized spacial score (nSPS) is 17.4. The van der Waals surface area contributed by atoms with Crippen molar-refractivity contribution in [2.75, 3.05) is 77.9 Å². The third-order valence-corrected chi connectivity index (χ3v) is 12.7. The number of ether oxygens (including phenoxy) is 4. The Hall–Kier alpha value is -4.97. The van der Waals surface area contributed by atoms with Crippen molar-refractivity contribution in [1.82, 2.24) is 9.64 Å². The zero-order chi connectivity index (χ0) is 47.9. The van der Waals surface area contributed by atoms with E-state index in [1.54, 1.807) is 13.2 Å². The fourth-order valence-corrected chi connectivity index (χ4v) is 8.73. The van der Waals surface area contributed by atoms with Crippen LogP contribution in [-0.2, 0) is 59.1 Å². The van der Waals surface area contributed by atoms with Crippen LogP contribution in [0.3, 0.4) is 0 Å². The van der Waals surface area contributed by atoms with Crippen LogP contribution in [-0.4, -0.2) is 109 Å². The fraction of sp³-hybridized carbons (Fsp3) is 0.520. The van der Waals surface area contributed by atoms with Gasteiger partial charge in [-0.2, -0.15) is 8.42 Å². The third-order valence-electron chi connectivity index (χ3n) is 11.8. The van der Waals surface area contributed by atoms with Crippen molar-refractivity contribution in [2.24, 2.45) is 0 Å². The predicted octanol–water partition coefficient (Wildman–Crippen LogP) is 7.23. The highest BCUT2D eigenvalue weighted by Crippen LogP contribution is 2.51. The van der Waals surface area contributed by atoms with E-state index in [-0.39, 0.29) is 29.6 Å². The second-order valence-corrected chi connectivity index (χ2v) is 19.0. The largest absolute Gasteiger partial charge is 0.456 e. The average Bonchev–Trinajstić information content (AvgIpc) is 3.71. The minimum absolute atomic E-state index is 0.0263. The molecule has 5 rings (SSSR count). The molecule has 1 N–H and O–H groups in total. The van der Waals surface area contributed by atoms with E-state index in [0.717, 1.165) is 46.7 Å². The number of carbonyl (C=O) groups is 3. The smallest absolute Gasteiger partial charge is 0.333 e. The van der Waals surface area contributed by atoms with Gasteiger partial charge in [0.2, 0.25) is 5.36 Å². The number of amides is 2. The lowest BCUT2D eigenvalue weighted by Gasteiger charge is -2.30. The first kappa shape index (κ1) is 52.0. The lowest BCUT2D eigenvalue weighted by molar-refractivity contribution is -0.197. The number of hydroxylamine groups is 2. The minimum Gasteiger partial charge on any atom is -0.456 e. The van der Waals surface area contributed by atoms with Gasteiger partial charge in [0.25, 0.3) is 21.9 Å². The maximum atomic E-state index is 12.5. The van der Waals surface area contributed by atoms with Crippen LogP contribution in [0.2, 0.25) is 0 Å². The number of carbonyl (C=O) groups excluding carboxylic acids is 3. The molecule has 1 aromatic carbocycles. The molecular formula is C50H68N3O12S+. The molecule has 360 valence electrons. The molecule has 0 spiro atoms. The minimum atomic E-state index is -4.52. The number of nitrogens with zero attached hydrogens (tertiary/aromatic N) is 3. The summed E-state index contributed by atoms with van der Waals surface area (Å²) in [6.45, 7) is 18.1. The van der Waals surface area contributed by atoms with Crippen LogP contribution in [0, 0.1) is 0 Å². The molecule has 66 heavy (non-hydrogen) atoms. The molecule has 0 radical (unpaired) electrons. The van der Waals surface area contributed by atoms with E-state index in [1.807, 2.05) is 37.3 Å². The summed E-state index contributed by atoms with van der Waals surface area (Å²) in [5.74, 6) is -0.171. The van der Waals surface area contributed by atoms with Crippen LogP contribution in [0.15, 0.2) is 81.8 Å². The highest BCUT2D eigenvalue weighted by atomic mass is 32.2. The van der Waals surface area contributed by atoms with Crippen LogP contribution in [0.25, 0.3) is 17.4 Å². The van der Waals surface area contributed by atoms with Crippen LogP contribution < -0.4 is 14.8 Å². The van der Waals surface area contributed by atoms with Crippen LogP contribution in [0.5, 0.6) is 0 Å². The lowest BCUT2D eigenvalue weighted by atomic mass is 9.78. The SMILES string of the molecule is CC[N+](CC)=c1ccc2c(C(C)(C)C)cc(/C=C/C=C/C=C3/N(CCCCCC(=O)ON4C(=O)CCC4=O)c4ccc(S(=O)(=O)O)cc4C3(C)CCOCCOCCOCCOC)oc-2c1. The molecule has 3 heterocycles. The molecule has 16 heteroatoms. The van der Waals surface area contributed by atoms with Gasteiger partial charge in [-0.05, 0) is 99.1 Å². The Balaban J connectivity index is 1.40. The average molecular weight is 935 g/mol. The van der Waals surface area contributed by atoms with Crippen molar-refractivity contribution in [3.63, 3.8) is 0 Å². The van der Waals surface area contributed by atoms with Crippen molar-refractivity contribution in [1.29, 1.82) is 0 Å². The Morgan fingerprint density at radius 1 is 0.864 bits per heavy atom. The number of imide groups is 1. The van der Waals surface area contributed by atoms with Crippen molar-refractivity contribution >= 4 is 39.7 Å². The van der Waals surface area contributed by atoms with E-state index in [1.165, 1.54) is 17.7 Å². The number of methoxy groups -OCH3 is 1. The number of hydrogen-bond donors (Lipinski definition) is 1. The van der Waals surface area contributed by atoms with Gasteiger partial charge < -0.3 is 33.1 Å². The van der Waals surface area contributed by atoms with E-state index in [2.05, 4.69) is 68.4 Å². The molecule has 1 fully saturated rings. The third kappa shape index (κ3) is 13.8. The number of anilines is 1. The van der Waals surface area contributed by atoms with Gasteiger partial charge in [0, 0.05) is 68.0 Å². The van der Waals surface area contributed by atoms with Crippen LogP contribution in [0.1, 0.15) is 103 Å². The molecule has 4 aliphatic rings. The highest BCUT2D eigenvalue weighted by molar-refractivity contribution is 7.85. The van der Waals surface area contributed by atoms with Gasteiger partial charge in [-0.1, -0.05) is 45.4 Å². The van der Waals surface area contributed by atoms with E-state index in [9.17, 15) is 27.4 Å². The second-order valence-electron chi connectivity index (χ2n) is 17.5. The Morgan fingerprint density at radius 3 is 2.17 bits per heavy atom. The first-order valence-electron chi connectivity index (χ1n) is 22.9. The number of fused-ring (bicyclic) bond motifs is 2. The van der Waals surface area contributed by atoms with Gasteiger partial charge in [-0.3, -0.25) is 14.1 Å². The number of rotatable bonds is 25. The topological polar surface area (TPSA) is 174 Å². The number of hydrogen-bond acceptors (Lipinski definition) is 12. The second kappa shape index (κ2) is 24.2. The molecule has 1 unspecified atom stereocenters. The van der Waals surface area contributed by atoms with Crippen LogP contribution >= 0.6 is 0 Å². The molecule has 0 saturated carbocycles. The molecule has 1 atom stereocenters. The number of unbranched alkanes of at least 4 members (excludes halogenated alkanes) is 2. The van der Waals surface area contributed by atoms with Gasteiger partial charge in [0.05, 0.1) is 50.6 Å². The van der Waals surface area contributed by atoms with Gasteiger partial charge >= 0.3 is 5.97 Å². The van der Waals surface area contributed by atoms with Gasteiger partial charge in [0.15, 0.2) is 0 Å². The zero-order valence-corrected chi connectivity index (χ0v) is 40.5. The van der Waals surface area contributed by atoms with E-state index < -0.39 is 33.3 Å². The van der Waals surface area contributed by atoms with Crippen LogP contribution in [0.4, 0.5) is 5.69 Å². The van der Waals surface area contributed by atoms with E-state index in [4.69, 9.17) is 28.2 Å². The van der Waals surface area contributed by atoms with Crippen molar-refractivity contribution in [3.8, 4) is 11.3 Å². The highest BCUT2D eigenvalue weighted by Gasteiger charge is 2.43. The fourth-order valence-electron chi connectivity index (χ4n) is 8.22. The van der Waals surface area contributed by atoms with Gasteiger partial charge in [0.1, 0.15) is 24.6 Å². The summed E-state index contributed by atoms with van der Waals surface area (Å²) in [5, 5.41) is 1.66. The maximum Gasteiger partial charge on any atom is 0.333 e. The molecule has 1 aliphatic carbocycles. The molecule has 1 saturated heterocycles. The monoisotopic (exact) mass is 934 g/mol. The summed E-state index contributed by atoms with van der Waals surface area (Å²) < 4.78 is 66.0. The Morgan fingerprint density at radius 2 is 1.53 bits per heavy atom. The molecule has 1 aromatic rings. The standard InChI is InChI=1S/C50H67N3O12S/c1-8-51(9-2)37-19-21-40-41(49(3,4)5)35-38(64-44(40)34-37)16-12-10-13-17-45-50(6,25-27-61-30-31-63-33-32-62-29-28-60-7)42-36-39(66(57,58)59)20-22-43(42)52(45)26-15-11-14-18-48(56)65-53-46(54)23-24-47(53)55/h10,12-13,16-17,19-22,34-36H,8-9,11,14-15,18,23-33H2,1-7H3/p+1. The summed E-state index contributed by atoms with van der Waals surface area (Å²) in [7, 11) is -2.90. The van der Waals surface area contributed by atoms with Crippen molar-refractivity contribution in [3.05, 3.63) is 94.7 Å².